The van der Waals surface area contributed by atoms with E-state index in [1.807, 2.05) is 74.2 Å². The van der Waals surface area contributed by atoms with Gasteiger partial charge >= 0.3 is 5.97 Å². The summed E-state index contributed by atoms with van der Waals surface area (Å²) < 4.78 is 18.2. The SMILES string of the molecule is COC(=O)c1c(-c2ccc(OC)cc2)csc1NC(=O)CSc1nnc(C(C)Oc2ccc(C)cc2C)n1C. The summed E-state index contributed by atoms with van der Waals surface area (Å²) in [4.78, 5) is 25.5. The highest BCUT2D eigenvalue weighted by Crippen LogP contribution is 2.37. The first-order valence-electron chi connectivity index (χ1n) is 12.1. The molecule has 0 fully saturated rings. The first-order valence-corrected chi connectivity index (χ1v) is 14.0. The molecule has 1 atom stereocenters. The number of hydrogen-bond acceptors (Lipinski definition) is 9. The van der Waals surface area contributed by atoms with Gasteiger partial charge in [-0.2, -0.15) is 0 Å². The Balaban J connectivity index is 1.43. The topological polar surface area (TPSA) is 105 Å². The summed E-state index contributed by atoms with van der Waals surface area (Å²) in [5.74, 6) is 1.41. The minimum atomic E-state index is -0.527. The average molecular weight is 567 g/mol. The number of nitrogens with one attached hydrogen (secondary N) is 1. The molecular weight excluding hydrogens is 536 g/mol. The predicted molar refractivity (Wildman–Crippen MR) is 153 cm³/mol. The maximum atomic E-state index is 12.9. The quantitative estimate of drug-likeness (QED) is 0.189. The number of thiophene rings is 1. The zero-order valence-electron chi connectivity index (χ0n) is 22.6. The highest BCUT2D eigenvalue weighted by molar-refractivity contribution is 7.99. The van der Waals surface area contributed by atoms with Gasteiger partial charge in [0.05, 0.1) is 20.0 Å². The highest BCUT2D eigenvalue weighted by atomic mass is 32.2. The van der Waals surface area contributed by atoms with Crippen molar-refractivity contribution >= 4 is 40.0 Å². The zero-order valence-corrected chi connectivity index (χ0v) is 24.2. The number of carbonyl (C=O) groups excluding carboxylic acids is 2. The van der Waals surface area contributed by atoms with Gasteiger partial charge in [-0.05, 0) is 50.1 Å². The van der Waals surface area contributed by atoms with Gasteiger partial charge in [0.15, 0.2) is 17.1 Å². The molecule has 1 amide bonds. The molecule has 0 aliphatic carbocycles. The monoisotopic (exact) mass is 566 g/mol. The summed E-state index contributed by atoms with van der Waals surface area (Å²) >= 11 is 2.51. The van der Waals surface area contributed by atoms with E-state index in [4.69, 9.17) is 14.2 Å². The van der Waals surface area contributed by atoms with E-state index in [2.05, 4.69) is 21.6 Å². The average Bonchev–Trinajstić information content (AvgIpc) is 3.51. The van der Waals surface area contributed by atoms with Crippen LogP contribution in [0.3, 0.4) is 0 Å². The minimum Gasteiger partial charge on any atom is -0.497 e. The van der Waals surface area contributed by atoms with Crippen molar-refractivity contribution in [2.75, 3.05) is 25.3 Å². The number of carbonyl (C=O) groups is 2. The van der Waals surface area contributed by atoms with E-state index in [0.717, 1.165) is 16.9 Å². The molecule has 0 bridgehead atoms. The van der Waals surface area contributed by atoms with Gasteiger partial charge in [-0.15, -0.1) is 21.5 Å². The lowest BCUT2D eigenvalue weighted by Crippen LogP contribution is -2.16. The Bertz CT molecular complexity index is 1480. The van der Waals surface area contributed by atoms with E-state index < -0.39 is 5.97 Å². The van der Waals surface area contributed by atoms with Crippen LogP contribution in [0.2, 0.25) is 0 Å². The lowest BCUT2D eigenvalue weighted by Gasteiger charge is -2.16. The van der Waals surface area contributed by atoms with Crippen LogP contribution < -0.4 is 14.8 Å². The molecule has 4 aromatic rings. The standard InChI is InChI=1S/C28H30N4O5S2/c1-16-7-12-22(17(2)13-16)37-18(3)25-30-31-28(32(25)4)39-15-23(33)29-26-24(27(34)36-6)21(14-38-26)19-8-10-20(35-5)11-9-19/h7-14,18H,15H2,1-6H3,(H,29,33). The molecule has 11 heteroatoms. The molecule has 39 heavy (non-hydrogen) atoms. The fourth-order valence-corrected chi connectivity index (χ4v) is 5.70. The number of esters is 1. The second-order valence-corrected chi connectivity index (χ2v) is 10.7. The number of anilines is 1. The minimum absolute atomic E-state index is 0.0780. The van der Waals surface area contributed by atoms with Gasteiger partial charge in [0.25, 0.3) is 0 Å². The van der Waals surface area contributed by atoms with Gasteiger partial charge in [0, 0.05) is 18.0 Å². The van der Waals surface area contributed by atoms with Gasteiger partial charge in [-0.25, -0.2) is 4.79 Å². The lowest BCUT2D eigenvalue weighted by atomic mass is 10.0. The van der Waals surface area contributed by atoms with E-state index in [-0.39, 0.29) is 17.8 Å². The molecule has 0 saturated heterocycles. The van der Waals surface area contributed by atoms with Gasteiger partial charge in [-0.1, -0.05) is 41.6 Å². The molecule has 0 saturated carbocycles. The number of nitrogens with zero attached hydrogens (tertiary/aromatic N) is 3. The molecular formula is C28H30N4O5S2. The summed E-state index contributed by atoms with van der Waals surface area (Å²) in [6, 6.07) is 13.3. The van der Waals surface area contributed by atoms with Crippen LogP contribution in [0.5, 0.6) is 11.5 Å². The number of benzene rings is 2. The molecule has 0 aliphatic heterocycles. The Morgan fingerprint density at radius 3 is 2.51 bits per heavy atom. The number of amides is 1. The van der Waals surface area contributed by atoms with Gasteiger partial charge in [0.2, 0.25) is 5.91 Å². The Hall–Kier alpha value is -3.83. The molecule has 0 spiro atoms. The van der Waals surface area contributed by atoms with Gasteiger partial charge in [-0.3, -0.25) is 4.79 Å². The molecule has 204 valence electrons. The molecule has 2 aromatic carbocycles. The van der Waals surface area contributed by atoms with Gasteiger partial charge < -0.3 is 24.1 Å². The van der Waals surface area contributed by atoms with E-state index >= 15 is 0 Å². The Labute approximate surface area is 235 Å². The first-order chi connectivity index (χ1) is 18.7. The van der Waals surface area contributed by atoms with Gasteiger partial charge in [0.1, 0.15) is 22.1 Å². The number of hydrogen-bond donors (Lipinski definition) is 1. The van der Waals surface area contributed by atoms with E-state index in [1.54, 1.807) is 7.11 Å². The molecule has 2 heterocycles. The number of rotatable bonds is 10. The predicted octanol–water partition coefficient (Wildman–Crippen LogP) is 5.83. The van der Waals surface area contributed by atoms with Crippen LogP contribution in [0.1, 0.15) is 40.3 Å². The molecule has 1 N–H and O–H groups in total. The van der Waals surface area contributed by atoms with Crippen molar-refractivity contribution in [2.24, 2.45) is 7.05 Å². The number of ether oxygens (including phenoxy) is 3. The largest absolute Gasteiger partial charge is 0.497 e. The molecule has 9 nitrogen and oxygen atoms in total. The molecule has 1 unspecified atom stereocenters. The first kappa shape index (κ1) is 28.2. The van der Waals surface area contributed by atoms with Crippen LogP contribution in [-0.4, -0.2) is 46.6 Å². The maximum absolute atomic E-state index is 12.9. The Kier molecular flexibility index (Phi) is 8.93. The number of aromatic nitrogens is 3. The van der Waals surface area contributed by atoms with Crippen molar-refractivity contribution in [2.45, 2.75) is 32.0 Å². The van der Waals surface area contributed by atoms with E-state index in [1.165, 1.54) is 35.8 Å². The van der Waals surface area contributed by atoms with Crippen LogP contribution in [0.4, 0.5) is 5.00 Å². The van der Waals surface area contributed by atoms with Crippen molar-refractivity contribution < 1.29 is 23.8 Å². The molecule has 4 rings (SSSR count). The summed E-state index contributed by atoms with van der Waals surface area (Å²) in [5.41, 5.74) is 4.01. The van der Waals surface area contributed by atoms with Crippen molar-refractivity contribution in [3.05, 3.63) is 70.4 Å². The van der Waals surface area contributed by atoms with Crippen LogP contribution >= 0.6 is 23.1 Å². The number of methoxy groups -OCH3 is 2. The molecule has 0 aliphatic rings. The van der Waals surface area contributed by atoms with Crippen LogP contribution in [0, 0.1) is 13.8 Å². The highest BCUT2D eigenvalue weighted by Gasteiger charge is 2.23. The molecule has 0 radical (unpaired) electrons. The fraction of sp³-hybridized carbons (Fsp3) is 0.286. The van der Waals surface area contributed by atoms with E-state index in [9.17, 15) is 9.59 Å². The molecule has 2 aromatic heterocycles. The fourth-order valence-electron chi connectivity index (χ4n) is 4.01. The summed E-state index contributed by atoms with van der Waals surface area (Å²) in [6.45, 7) is 5.96. The Morgan fingerprint density at radius 2 is 1.85 bits per heavy atom. The van der Waals surface area contributed by atoms with Crippen LogP contribution in [0.15, 0.2) is 53.0 Å². The number of aryl methyl sites for hydroxylation is 2. The lowest BCUT2D eigenvalue weighted by molar-refractivity contribution is -0.113. The van der Waals surface area contributed by atoms with Crippen molar-refractivity contribution in [3.8, 4) is 22.6 Å². The second kappa shape index (κ2) is 12.4. The van der Waals surface area contributed by atoms with Crippen LogP contribution in [-0.2, 0) is 16.6 Å². The smallest absolute Gasteiger partial charge is 0.341 e. The number of thioether (sulfide) groups is 1. The maximum Gasteiger partial charge on any atom is 0.341 e. The Morgan fingerprint density at radius 1 is 1.10 bits per heavy atom. The third-order valence-electron chi connectivity index (χ3n) is 6.03. The summed E-state index contributed by atoms with van der Waals surface area (Å²) in [7, 11) is 4.75. The zero-order chi connectivity index (χ0) is 28.1. The van der Waals surface area contributed by atoms with Crippen molar-refractivity contribution in [1.82, 2.24) is 14.8 Å². The van der Waals surface area contributed by atoms with Crippen molar-refractivity contribution in [1.29, 1.82) is 0 Å². The summed E-state index contributed by atoms with van der Waals surface area (Å²) in [6.07, 6.45) is -0.336. The van der Waals surface area contributed by atoms with E-state index in [0.29, 0.717) is 32.9 Å². The third kappa shape index (κ3) is 6.43. The normalized spacial score (nSPS) is 11.6. The summed E-state index contributed by atoms with van der Waals surface area (Å²) in [5, 5.41) is 14.2. The van der Waals surface area contributed by atoms with Crippen molar-refractivity contribution in [3.63, 3.8) is 0 Å². The third-order valence-corrected chi connectivity index (χ3v) is 7.95. The van der Waals surface area contributed by atoms with Crippen LogP contribution in [0.25, 0.3) is 11.1 Å². The second-order valence-electron chi connectivity index (χ2n) is 8.84.